The highest BCUT2D eigenvalue weighted by atomic mass is 16.5. The standard InChI is InChI=1S/C32H34O3/c1-34-28-17-19-30-26(22-28)14-18-29(24-10-6-3-7-11-24)31(30)32(33)25-12-15-27(16-13-25)35-21-20-23-8-4-2-5-9-23/h3,6-7,10-13,15-17,19,22-23H,2,4-5,8-9,14,18,20-21H2,1H3. The maximum absolute atomic E-state index is 13.9. The molecule has 0 bridgehead atoms. The van der Waals surface area contributed by atoms with Gasteiger partial charge in [-0.25, -0.2) is 0 Å². The van der Waals surface area contributed by atoms with Crippen LogP contribution in [0.15, 0.2) is 72.8 Å². The van der Waals surface area contributed by atoms with Gasteiger partial charge < -0.3 is 9.47 Å². The Balaban J connectivity index is 1.39. The Labute approximate surface area is 208 Å². The highest BCUT2D eigenvalue weighted by Gasteiger charge is 2.26. The van der Waals surface area contributed by atoms with Crippen LogP contribution >= 0.6 is 0 Å². The Bertz CT molecular complexity index is 1190. The molecule has 2 aliphatic carbocycles. The third-order valence-corrected chi connectivity index (χ3v) is 7.51. The lowest BCUT2D eigenvalue weighted by Gasteiger charge is -2.24. The fourth-order valence-electron chi connectivity index (χ4n) is 5.55. The van der Waals surface area contributed by atoms with Gasteiger partial charge in [0.15, 0.2) is 5.78 Å². The van der Waals surface area contributed by atoms with E-state index >= 15 is 0 Å². The zero-order valence-corrected chi connectivity index (χ0v) is 20.6. The maximum atomic E-state index is 13.9. The average molecular weight is 467 g/mol. The number of methoxy groups -OCH3 is 1. The van der Waals surface area contributed by atoms with Crippen LogP contribution in [0.5, 0.6) is 11.5 Å². The van der Waals surface area contributed by atoms with Gasteiger partial charge >= 0.3 is 0 Å². The number of Topliss-reactive ketones (excluding diaryl/α,β-unsaturated/α-hetero) is 1. The minimum absolute atomic E-state index is 0.0590. The van der Waals surface area contributed by atoms with E-state index in [1.165, 1.54) is 32.1 Å². The first-order chi connectivity index (χ1) is 17.2. The molecule has 0 aliphatic heterocycles. The molecule has 0 unspecified atom stereocenters. The molecule has 3 heteroatoms. The molecule has 0 atom stereocenters. The monoisotopic (exact) mass is 466 g/mol. The zero-order chi connectivity index (χ0) is 24.0. The van der Waals surface area contributed by atoms with Crippen LogP contribution in [0.1, 0.15) is 72.0 Å². The molecule has 0 spiro atoms. The third-order valence-electron chi connectivity index (χ3n) is 7.51. The van der Waals surface area contributed by atoms with E-state index in [-0.39, 0.29) is 5.78 Å². The summed E-state index contributed by atoms with van der Waals surface area (Å²) in [6, 6.07) is 24.0. The minimum Gasteiger partial charge on any atom is -0.497 e. The summed E-state index contributed by atoms with van der Waals surface area (Å²) in [5.74, 6) is 2.53. The summed E-state index contributed by atoms with van der Waals surface area (Å²) < 4.78 is 11.5. The molecule has 0 heterocycles. The van der Waals surface area contributed by atoms with Crippen molar-refractivity contribution >= 4 is 16.9 Å². The number of ketones is 1. The number of carbonyl (C=O) groups excluding carboxylic acids is 1. The van der Waals surface area contributed by atoms with E-state index in [2.05, 4.69) is 18.2 Å². The summed E-state index contributed by atoms with van der Waals surface area (Å²) in [4.78, 5) is 13.9. The van der Waals surface area contributed by atoms with Crippen LogP contribution < -0.4 is 9.47 Å². The van der Waals surface area contributed by atoms with Gasteiger partial charge in [-0.05, 0) is 83.8 Å². The van der Waals surface area contributed by atoms with Gasteiger partial charge in [0.05, 0.1) is 13.7 Å². The van der Waals surface area contributed by atoms with Crippen molar-refractivity contribution in [3.63, 3.8) is 0 Å². The van der Waals surface area contributed by atoms with Crippen LogP contribution in [-0.4, -0.2) is 19.5 Å². The molecule has 0 N–H and O–H groups in total. The molecule has 3 aromatic carbocycles. The summed E-state index contributed by atoms with van der Waals surface area (Å²) in [5.41, 5.74) is 5.88. The molecule has 0 amide bonds. The number of allylic oxidation sites excluding steroid dienone is 2. The molecule has 3 nitrogen and oxygen atoms in total. The number of ether oxygens (including phenoxy) is 2. The molecule has 2 aliphatic rings. The lowest BCUT2D eigenvalue weighted by Crippen LogP contribution is -2.13. The third kappa shape index (κ3) is 5.35. The SMILES string of the molecule is COc1ccc2c(c1)CCC(c1ccccc1)=C2C(=O)c1ccc(OCCC2CCCCC2)cc1. The second kappa shape index (κ2) is 10.9. The molecule has 0 aromatic heterocycles. The molecular formula is C32H34O3. The number of aryl methyl sites for hydroxylation is 1. The van der Waals surface area contributed by atoms with Crippen molar-refractivity contribution in [1.29, 1.82) is 0 Å². The van der Waals surface area contributed by atoms with Crippen molar-refractivity contribution in [3.05, 3.63) is 95.1 Å². The largest absolute Gasteiger partial charge is 0.497 e. The first-order valence-corrected chi connectivity index (χ1v) is 13.0. The molecule has 1 fully saturated rings. The Morgan fingerprint density at radius 2 is 1.60 bits per heavy atom. The van der Waals surface area contributed by atoms with Crippen LogP contribution in [0.3, 0.4) is 0 Å². The topological polar surface area (TPSA) is 35.5 Å². The summed E-state index contributed by atoms with van der Waals surface area (Å²) in [6.45, 7) is 0.747. The highest BCUT2D eigenvalue weighted by Crippen LogP contribution is 2.40. The van der Waals surface area contributed by atoms with Gasteiger partial charge in [0.2, 0.25) is 0 Å². The Kier molecular flexibility index (Phi) is 7.32. The van der Waals surface area contributed by atoms with Gasteiger partial charge in [0.1, 0.15) is 11.5 Å². The average Bonchev–Trinajstić information content (AvgIpc) is 2.93. The Hall–Kier alpha value is -3.33. The van der Waals surface area contributed by atoms with Gasteiger partial charge in [-0.1, -0.05) is 68.5 Å². The quantitative estimate of drug-likeness (QED) is 0.318. The zero-order valence-electron chi connectivity index (χ0n) is 20.6. The van der Waals surface area contributed by atoms with Gasteiger partial charge in [0.25, 0.3) is 0 Å². The van der Waals surface area contributed by atoms with E-state index in [9.17, 15) is 4.79 Å². The number of benzene rings is 3. The molecule has 5 rings (SSSR count). The number of rotatable bonds is 8. The van der Waals surface area contributed by atoms with E-state index in [0.29, 0.717) is 5.56 Å². The van der Waals surface area contributed by atoms with Crippen molar-refractivity contribution in [3.8, 4) is 11.5 Å². The Morgan fingerprint density at radius 1 is 0.857 bits per heavy atom. The molecule has 1 saturated carbocycles. The van der Waals surface area contributed by atoms with Crippen molar-refractivity contribution in [1.82, 2.24) is 0 Å². The fraction of sp³-hybridized carbons (Fsp3) is 0.344. The van der Waals surface area contributed by atoms with Crippen molar-refractivity contribution in [2.24, 2.45) is 5.92 Å². The normalized spacial score (nSPS) is 16.0. The Morgan fingerprint density at radius 3 is 2.34 bits per heavy atom. The molecule has 0 saturated heterocycles. The molecule has 0 radical (unpaired) electrons. The van der Waals surface area contributed by atoms with Gasteiger partial charge in [-0.2, -0.15) is 0 Å². The number of carbonyl (C=O) groups is 1. The first-order valence-electron chi connectivity index (χ1n) is 13.0. The first kappa shape index (κ1) is 23.4. The summed E-state index contributed by atoms with van der Waals surface area (Å²) >= 11 is 0. The summed E-state index contributed by atoms with van der Waals surface area (Å²) in [6.07, 6.45) is 9.61. The lowest BCUT2D eigenvalue weighted by molar-refractivity contribution is 0.105. The van der Waals surface area contributed by atoms with Gasteiger partial charge in [0, 0.05) is 11.1 Å². The maximum Gasteiger partial charge on any atom is 0.193 e. The van der Waals surface area contributed by atoms with E-state index in [1.54, 1.807) is 7.11 Å². The number of hydrogen-bond donors (Lipinski definition) is 0. The van der Waals surface area contributed by atoms with E-state index in [0.717, 1.165) is 71.1 Å². The fourth-order valence-corrected chi connectivity index (χ4v) is 5.55. The highest BCUT2D eigenvalue weighted by molar-refractivity contribution is 6.35. The number of hydrogen-bond acceptors (Lipinski definition) is 3. The van der Waals surface area contributed by atoms with Crippen LogP contribution in [-0.2, 0) is 6.42 Å². The second-order valence-electron chi connectivity index (χ2n) is 9.74. The van der Waals surface area contributed by atoms with Crippen LogP contribution in [0.4, 0.5) is 0 Å². The van der Waals surface area contributed by atoms with Crippen molar-refractivity contribution in [2.75, 3.05) is 13.7 Å². The molecule has 3 aromatic rings. The molecular weight excluding hydrogens is 432 g/mol. The molecule has 35 heavy (non-hydrogen) atoms. The summed E-state index contributed by atoms with van der Waals surface area (Å²) in [7, 11) is 1.68. The van der Waals surface area contributed by atoms with Gasteiger partial charge in [-0.3, -0.25) is 4.79 Å². The van der Waals surface area contributed by atoms with Crippen molar-refractivity contribution in [2.45, 2.75) is 51.4 Å². The second-order valence-corrected chi connectivity index (χ2v) is 9.74. The molecule has 180 valence electrons. The van der Waals surface area contributed by atoms with E-state index in [1.807, 2.05) is 54.6 Å². The van der Waals surface area contributed by atoms with Crippen molar-refractivity contribution < 1.29 is 14.3 Å². The lowest BCUT2D eigenvalue weighted by atomic mass is 9.79. The number of fused-ring (bicyclic) bond motifs is 1. The smallest absolute Gasteiger partial charge is 0.193 e. The predicted octanol–water partition coefficient (Wildman–Crippen LogP) is 7.78. The van der Waals surface area contributed by atoms with E-state index < -0.39 is 0 Å². The minimum atomic E-state index is 0.0590. The summed E-state index contributed by atoms with van der Waals surface area (Å²) in [5, 5.41) is 0. The van der Waals surface area contributed by atoms with Crippen LogP contribution in [0, 0.1) is 5.92 Å². The van der Waals surface area contributed by atoms with Crippen LogP contribution in [0.2, 0.25) is 0 Å². The van der Waals surface area contributed by atoms with E-state index in [4.69, 9.17) is 9.47 Å². The van der Waals surface area contributed by atoms with Crippen LogP contribution in [0.25, 0.3) is 11.1 Å². The van der Waals surface area contributed by atoms with Gasteiger partial charge in [-0.15, -0.1) is 0 Å². The predicted molar refractivity (Wildman–Crippen MR) is 142 cm³/mol.